The summed E-state index contributed by atoms with van der Waals surface area (Å²) in [4.78, 5) is 12.7. The molecule has 5 nitrogen and oxygen atoms in total. The first-order chi connectivity index (χ1) is 11.9. The van der Waals surface area contributed by atoms with Gasteiger partial charge in [-0.1, -0.05) is 18.2 Å². The number of rotatable bonds is 0. The number of benzene rings is 2. The second-order valence-electron chi connectivity index (χ2n) is 7.36. The van der Waals surface area contributed by atoms with Crippen molar-refractivity contribution >= 4 is 5.78 Å². The van der Waals surface area contributed by atoms with E-state index in [4.69, 9.17) is 0 Å². The molecule has 0 aromatic heterocycles. The highest BCUT2D eigenvalue weighted by Gasteiger charge is 2.58. The number of fused-ring (bicyclic) bond motifs is 5. The fourth-order valence-corrected chi connectivity index (χ4v) is 5.31. The van der Waals surface area contributed by atoms with Gasteiger partial charge < -0.3 is 20.4 Å². The number of aliphatic hydroxyl groups is 2. The molecular weight excluding hydrogens is 320 g/mol. The lowest BCUT2D eigenvalue weighted by Crippen LogP contribution is -2.40. The van der Waals surface area contributed by atoms with Crippen LogP contribution in [0.5, 0.6) is 11.5 Å². The molecule has 128 valence electrons. The molecule has 0 bridgehead atoms. The van der Waals surface area contributed by atoms with Crippen LogP contribution in [0, 0.1) is 5.92 Å². The lowest BCUT2D eigenvalue weighted by molar-refractivity contribution is 0.00599. The zero-order valence-electron chi connectivity index (χ0n) is 13.4. The van der Waals surface area contributed by atoms with Crippen molar-refractivity contribution in [3.63, 3.8) is 0 Å². The second-order valence-corrected chi connectivity index (χ2v) is 7.36. The summed E-state index contributed by atoms with van der Waals surface area (Å²) in [6, 6.07) is 7.95. The molecule has 0 fully saturated rings. The number of hydrogen-bond acceptors (Lipinski definition) is 5. The van der Waals surface area contributed by atoms with Gasteiger partial charge in [0.1, 0.15) is 17.1 Å². The highest BCUT2D eigenvalue weighted by Crippen LogP contribution is 2.63. The van der Waals surface area contributed by atoms with Gasteiger partial charge in [-0.2, -0.15) is 0 Å². The van der Waals surface area contributed by atoms with Crippen molar-refractivity contribution in [3.05, 3.63) is 58.1 Å². The Morgan fingerprint density at radius 3 is 2.56 bits per heavy atom. The van der Waals surface area contributed by atoms with Crippen LogP contribution in [-0.4, -0.2) is 26.2 Å². The lowest BCUT2D eigenvalue weighted by atomic mass is 9.67. The van der Waals surface area contributed by atoms with E-state index in [2.05, 4.69) is 0 Å². The van der Waals surface area contributed by atoms with Crippen LogP contribution >= 0.6 is 0 Å². The third kappa shape index (κ3) is 1.62. The van der Waals surface area contributed by atoms with Gasteiger partial charge in [0, 0.05) is 23.5 Å². The van der Waals surface area contributed by atoms with Gasteiger partial charge >= 0.3 is 0 Å². The van der Waals surface area contributed by atoms with Gasteiger partial charge in [-0.05, 0) is 42.0 Å². The Labute approximate surface area is 144 Å². The molecule has 4 atom stereocenters. The third-order valence-corrected chi connectivity index (χ3v) is 6.29. The van der Waals surface area contributed by atoms with E-state index in [0.717, 1.165) is 5.56 Å². The minimum atomic E-state index is -1.39. The van der Waals surface area contributed by atoms with Crippen LogP contribution in [0.4, 0.5) is 0 Å². The fraction of sp³-hybridized carbons (Fsp3) is 0.350. The molecule has 0 heterocycles. The van der Waals surface area contributed by atoms with Crippen LogP contribution in [0.1, 0.15) is 63.9 Å². The second kappa shape index (κ2) is 4.62. The lowest BCUT2D eigenvalue weighted by Gasteiger charge is -2.39. The van der Waals surface area contributed by atoms with Crippen molar-refractivity contribution in [1.29, 1.82) is 0 Å². The molecular formula is C20H18O5. The first-order valence-electron chi connectivity index (χ1n) is 8.57. The van der Waals surface area contributed by atoms with Crippen molar-refractivity contribution in [3.8, 4) is 11.5 Å². The summed E-state index contributed by atoms with van der Waals surface area (Å²) in [5.41, 5.74) is 1.09. The molecule has 5 rings (SSSR count). The predicted molar refractivity (Wildman–Crippen MR) is 88.6 cm³/mol. The van der Waals surface area contributed by atoms with Gasteiger partial charge in [-0.15, -0.1) is 0 Å². The van der Waals surface area contributed by atoms with E-state index >= 15 is 0 Å². The van der Waals surface area contributed by atoms with Gasteiger partial charge in [0.2, 0.25) is 0 Å². The smallest absolute Gasteiger partial charge is 0.167 e. The van der Waals surface area contributed by atoms with Crippen LogP contribution in [0.2, 0.25) is 0 Å². The predicted octanol–water partition coefficient (Wildman–Crippen LogP) is 2.46. The molecule has 0 saturated heterocycles. The minimum absolute atomic E-state index is 0.0284. The molecule has 0 saturated carbocycles. The number of carbonyl (C=O) groups excluding carboxylic acids is 1. The van der Waals surface area contributed by atoms with Gasteiger partial charge in [-0.25, -0.2) is 0 Å². The Bertz CT molecular complexity index is 934. The molecule has 3 aliphatic rings. The largest absolute Gasteiger partial charge is 0.508 e. The number of aliphatic hydroxyl groups excluding tert-OH is 1. The first kappa shape index (κ1) is 14.9. The first-order valence-corrected chi connectivity index (χ1v) is 8.57. The van der Waals surface area contributed by atoms with E-state index in [1.807, 2.05) is 0 Å². The molecule has 0 unspecified atom stereocenters. The van der Waals surface area contributed by atoms with E-state index in [9.17, 15) is 25.2 Å². The number of carbonyl (C=O) groups is 1. The summed E-state index contributed by atoms with van der Waals surface area (Å²) in [6.07, 6.45) is 0.507. The van der Waals surface area contributed by atoms with E-state index in [1.54, 1.807) is 18.2 Å². The Morgan fingerprint density at radius 2 is 1.76 bits per heavy atom. The van der Waals surface area contributed by atoms with Gasteiger partial charge in [0.25, 0.3) is 0 Å². The van der Waals surface area contributed by atoms with Crippen LogP contribution in [0.25, 0.3) is 0 Å². The normalized spacial score (nSPS) is 32.1. The summed E-state index contributed by atoms with van der Waals surface area (Å²) in [6.45, 7) is 0. The van der Waals surface area contributed by atoms with Crippen molar-refractivity contribution in [1.82, 2.24) is 0 Å². The van der Waals surface area contributed by atoms with Crippen molar-refractivity contribution in [2.75, 3.05) is 0 Å². The molecule has 4 N–H and O–H groups in total. The highest BCUT2D eigenvalue weighted by atomic mass is 16.3. The monoisotopic (exact) mass is 338 g/mol. The van der Waals surface area contributed by atoms with Crippen molar-refractivity contribution < 1.29 is 25.2 Å². The van der Waals surface area contributed by atoms with Gasteiger partial charge in [-0.3, -0.25) is 4.79 Å². The summed E-state index contributed by atoms with van der Waals surface area (Å²) in [5.74, 6) is -0.705. The third-order valence-electron chi connectivity index (χ3n) is 6.29. The summed E-state index contributed by atoms with van der Waals surface area (Å²) in [7, 11) is 0. The molecule has 0 spiro atoms. The zero-order valence-corrected chi connectivity index (χ0v) is 13.4. The maximum Gasteiger partial charge on any atom is 0.167 e. The molecule has 25 heavy (non-hydrogen) atoms. The number of phenols is 2. The fourth-order valence-electron chi connectivity index (χ4n) is 5.31. The van der Waals surface area contributed by atoms with E-state index in [1.165, 1.54) is 12.1 Å². The molecule has 0 aliphatic heterocycles. The van der Waals surface area contributed by atoms with Crippen LogP contribution in [0.3, 0.4) is 0 Å². The van der Waals surface area contributed by atoms with Crippen LogP contribution in [-0.2, 0) is 5.60 Å². The Hall–Kier alpha value is -2.37. The van der Waals surface area contributed by atoms with E-state index in [-0.39, 0.29) is 41.1 Å². The number of aromatic hydroxyl groups is 2. The number of hydrogen-bond donors (Lipinski definition) is 4. The Kier molecular flexibility index (Phi) is 2.76. The van der Waals surface area contributed by atoms with Crippen molar-refractivity contribution in [2.45, 2.75) is 36.9 Å². The Morgan fingerprint density at radius 1 is 0.960 bits per heavy atom. The van der Waals surface area contributed by atoms with Crippen molar-refractivity contribution in [2.24, 2.45) is 5.92 Å². The summed E-state index contributed by atoms with van der Waals surface area (Å²) in [5, 5.41) is 42.6. The standard InChI is InChI=1S/C20H18O5/c21-13-3-1-2-10-18(13)16(24)8-12-9-4-6-14(22)19-15(23)7-5-11(17(9)19)20(10,12)25/h1-3,5,7,9,12,14,21-23,25H,4,6,8H2/t9-,12-,14+,20-/m0/s1. The highest BCUT2D eigenvalue weighted by molar-refractivity contribution is 6.02. The quantitative estimate of drug-likeness (QED) is 0.591. The average Bonchev–Trinajstić information content (AvgIpc) is 2.83. The zero-order chi connectivity index (χ0) is 17.5. The molecule has 2 aromatic rings. The maximum absolute atomic E-state index is 12.7. The molecule has 2 aromatic carbocycles. The van der Waals surface area contributed by atoms with E-state index in [0.29, 0.717) is 29.5 Å². The maximum atomic E-state index is 12.7. The minimum Gasteiger partial charge on any atom is -0.508 e. The van der Waals surface area contributed by atoms with Crippen LogP contribution < -0.4 is 0 Å². The summed E-state index contributed by atoms with van der Waals surface area (Å²) >= 11 is 0. The number of ketones is 1. The van der Waals surface area contributed by atoms with Crippen LogP contribution in [0.15, 0.2) is 30.3 Å². The van der Waals surface area contributed by atoms with E-state index < -0.39 is 11.7 Å². The molecule has 0 radical (unpaired) electrons. The SMILES string of the molecule is O=C1C[C@H]2[C@@H]3CC[C@@H](O)c4c(O)ccc(c43)[C@@]2(O)c2cccc(O)c21. The molecule has 3 aliphatic carbocycles. The van der Waals surface area contributed by atoms with Gasteiger partial charge in [0.15, 0.2) is 5.78 Å². The van der Waals surface area contributed by atoms with Gasteiger partial charge in [0.05, 0.1) is 11.7 Å². The number of Topliss-reactive ketones (excluding diaryl/α,β-unsaturated/α-hetero) is 1. The average molecular weight is 338 g/mol. The molecule has 0 amide bonds. The summed E-state index contributed by atoms with van der Waals surface area (Å²) < 4.78 is 0. The molecule has 5 heteroatoms. The Balaban J connectivity index is 1.86. The topological polar surface area (TPSA) is 98.0 Å². The number of phenolic OH excluding ortho intramolecular Hbond substituents is 2.